The van der Waals surface area contributed by atoms with E-state index in [1.54, 1.807) is 6.33 Å². The average molecular weight is 347 g/mol. The van der Waals surface area contributed by atoms with Crippen molar-refractivity contribution in [3.8, 4) is 0 Å². The molecular formula is C21H25N5. The molecule has 1 N–H and O–H groups in total. The monoisotopic (exact) mass is 347 g/mol. The van der Waals surface area contributed by atoms with E-state index in [-0.39, 0.29) is 0 Å². The molecule has 4 heterocycles. The Morgan fingerprint density at radius 2 is 2.04 bits per heavy atom. The summed E-state index contributed by atoms with van der Waals surface area (Å²) in [4.78, 5) is 19.4. The van der Waals surface area contributed by atoms with Gasteiger partial charge in [-0.25, -0.2) is 4.98 Å². The van der Waals surface area contributed by atoms with Crippen LogP contribution in [-0.2, 0) is 6.42 Å². The van der Waals surface area contributed by atoms with Gasteiger partial charge in [0, 0.05) is 30.2 Å². The van der Waals surface area contributed by atoms with E-state index < -0.39 is 0 Å². The summed E-state index contributed by atoms with van der Waals surface area (Å²) in [5, 5.41) is 0. The molecule has 0 amide bonds. The zero-order valence-electron chi connectivity index (χ0n) is 15.4. The summed E-state index contributed by atoms with van der Waals surface area (Å²) in [5.41, 5.74) is 5.80. The van der Waals surface area contributed by atoms with Crippen LogP contribution in [0.25, 0.3) is 0 Å². The Hall–Kier alpha value is -2.53. The minimum absolute atomic E-state index is 0.330. The van der Waals surface area contributed by atoms with Gasteiger partial charge in [0.05, 0.1) is 29.8 Å². The lowest BCUT2D eigenvalue weighted by Crippen LogP contribution is -2.34. The predicted octanol–water partition coefficient (Wildman–Crippen LogP) is 4.00. The molecule has 4 rings (SSSR count). The van der Waals surface area contributed by atoms with Crippen LogP contribution < -0.4 is 0 Å². The molecule has 5 nitrogen and oxygen atoms in total. The molecule has 134 valence electrons. The van der Waals surface area contributed by atoms with Gasteiger partial charge in [-0.05, 0) is 57.0 Å². The zero-order chi connectivity index (χ0) is 17.9. The molecule has 1 aliphatic heterocycles. The second kappa shape index (κ2) is 7.38. The second-order valence-electron chi connectivity index (χ2n) is 7.14. The number of H-pyrrole nitrogens is 1. The van der Waals surface area contributed by atoms with Gasteiger partial charge in [0.1, 0.15) is 0 Å². The number of imidazole rings is 1. The molecule has 0 aromatic carbocycles. The van der Waals surface area contributed by atoms with E-state index >= 15 is 0 Å². The van der Waals surface area contributed by atoms with Gasteiger partial charge in [-0.1, -0.05) is 12.1 Å². The van der Waals surface area contributed by atoms with Crippen LogP contribution in [0.15, 0.2) is 49.1 Å². The number of aryl methyl sites for hydroxylation is 1. The number of nitrogens with one attached hydrogen (secondary N) is 1. The average Bonchev–Trinajstić information content (AvgIpc) is 3.16. The van der Waals surface area contributed by atoms with Gasteiger partial charge < -0.3 is 4.98 Å². The maximum atomic E-state index is 4.96. The number of rotatable bonds is 4. The third-order valence-electron chi connectivity index (χ3n) is 5.40. The molecule has 26 heavy (non-hydrogen) atoms. The Balaban J connectivity index is 1.58. The highest BCUT2D eigenvalue weighted by Gasteiger charge is 2.31. The third-order valence-corrected chi connectivity index (χ3v) is 5.40. The van der Waals surface area contributed by atoms with E-state index in [2.05, 4.69) is 58.1 Å². The lowest BCUT2D eigenvalue weighted by atomic mass is 9.90. The van der Waals surface area contributed by atoms with Crippen molar-refractivity contribution in [3.05, 3.63) is 77.4 Å². The summed E-state index contributed by atoms with van der Waals surface area (Å²) < 4.78 is 0. The van der Waals surface area contributed by atoms with Crippen LogP contribution in [0, 0.1) is 6.92 Å². The van der Waals surface area contributed by atoms with Crippen LogP contribution in [0.3, 0.4) is 0 Å². The summed E-state index contributed by atoms with van der Waals surface area (Å²) in [6.45, 7) is 2.16. The summed E-state index contributed by atoms with van der Waals surface area (Å²) in [5.74, 6) is 0. The Kier molecular flexibility index (Phi) is 4.80. The van der Waals surface area contributed by atoms with Crippen LogP contribution in [0.1, 0.15) is 59.7 Å². The van der Waals surface area contributed by atoms with Gasteiger partial charge in [0.2, 0.25) is 0 Å². The molecule has 1 saturated heterocycles. The van der Waals surface area contributed by atoms with Gasteiger partial charge >= 0.3 is 0 Å². The van der Waals surface area contributed by atoms with Gasteiger partial charge in [-0.15, -0.1) is 0 Å². The van der Waals surface area contributed by atoms with Crippen molar-refractivity contribution in [1.82, 2.24) is 24.8 Å². The number of aromatic nitrogens is 4. The second-order valence-corrected chi connectivity index (χ2v) is 7.14. The summed E-state index contributed by atoms with van der Waals surface area (Å²) in [6.07, 6.45) is 9.76. The normalized spacial score (nSPS) is 21.0. The number of aromatic amines is 1. The largest absolute Gasteiger partial charge is 0.348 e. The quantitative estimate of drug-likeness (QED) is 0.775. The van der Waals surface area contributed by atoms with Gasteiger partial charge in [-0.2, -0.15) is 0 Å². The first kappa shape index (κ1) is 16.9. The standard InChI is InChI=1S/C21H25N5/c1-15-6-5-11-23-21(15)20-10-4-9-19(26(20)2)18-8-3-7-16(25-18)12-17-13-22-14-24-17/h3,5-8,11,13-14,19-20H,4,9-10,12H2,1-2H3,(H,22,24)/t19-,20+/m1/s1. The molecular weight excluding hydrogens is 322 g/mol. The maximum absolute atomic E-state index is 4.96. The van der Waals surface area contributed by atoms with E-state index in [0.717, 1.165) is 36.3 Å². The Morgan fingerprint density at radius 3 is 2.85 bits per heavy atom. The molecule has 0 saturated carbocycles. The van der Waals surface area contributed by atoms with E-state index in [4.69, 9.17) is 4.98 Å². The van der Waals surface area contributed by atoms with Crippen molar-refractivity contribution < 1.29 is 0 Å². The third kappa shape index (κ3) is 3.40. The van der Waals surface area contributed by atoms with E-state index in [1.807, 2.05) is 18.5 Å². The molecule has 0 spiro atoms. The number of piperidine rings is 1. The summed E-state index contributed by atoms with van der Waals surface area (Å²) in [7, 11) is 2.21. The molecule has 3 aromatic rings. The fraction of sp³-hybridized carbons (Fsp3) is 0.381. The molecule has 1 fully saturated rings. The molecule has 2 atom stereocenters. The van der Waals surface area contributed by atoms with Crippen LogP contribution in [0.5, 0.6) is 0 Å². The fourth-order valence-electron chi connectivity index (χ4n) is 4.02. The zero-order valence-corrected chi connectivity index (χ0v) is 15.4. The highest BCUT2D eigenvalue weighted by Crippen LogP contribution is 2.39. The van der Waals surface area contributed by atoms with Crippen molar-refractivity contribution >= 4 is 0 Å². The number of nitrogens with zero attached hydrogens (tertiary/aromatic N) is 4. The predicted molar refractivity (Wildman–Crippen MR) is 102 cm³/mol. The van der Waals surface area contributed by atoms with E-state index in [1.165, 1.54) is 17.7 Å². The molecule has 0 radical (unpaired) electrons. The molecule has 3 aromatic heterocycles. The molecule has 0 aliphatic carbocycles. The van der Waals surface area contributed by atoms with Gasteiger partial charge in [0.15, 0.2) is 0 Å². The lowest BCUT2D eigenvalue weighted by Gasteiger charge is -2.39. The Morgan fingerprint density at radius 1 is 1.15 bits per heavy atom. The first-order valence-electron chi connectivity index (χ1n) is 9.29. The number of hydrogen-bond donors (Lipinski definition) is 1. The Bertz CT molecular complexity index is 858. The topological polar surface area (TPSA) is 57.7 Å². The highest BCUT2D eigenvalue weighted by atomic mass is 15.2. The lowest BCUT2D eigenvalue weighted by molar-refractivity contribution is 0.109. The van der Waals surface area contributed by atoms with Crippen molar-refractivity contribution in [2.45, 2.75) is 44.7 Å². The van der Waals surface area contributed by atoms with E-state index in [0.29, 0.717) is 12.1 Å². The number of pyridine rings is 2. The van der Waals surface area contributed by atoms with Crippen molar-refractivity contribution in [2.24, 2.45) is 0 Å². The SMILES string of the molecule is Cc1cccnc1[C@@H]1CCC[C@H](c2cccc(Cc3cnc[nH]3)n2)N1C. The molecule has 0 bridgehead atoms. The smallest absolute Gasteiger partial charge is 0.0921 e. The first-order valence-corrected chi connectivity index (χ1v) is 9.29. The van der Waals surface area contributed by atoms with Crippen LogP contribution in [0.4, 0.5) is 0 Å². The van der Waals surface area contributed by atoms with Gasteiger partial charge in [-0.3, -0.25) is 14.9 Å². The number of likely N-dealkylation sites (tertiary alicyclic amines) is 1. The van der Waals surface area contributed by atoms with Crippen molar-refractivity contribution in [3.63, 3.8) is 0 Å². The first-order chi connectivity index (χ1) is 12.7. The minimum atomic E-state index is 0.330. The van der Waals surface area contributed by atoms with Crippen LogP contribution in [0.2, 0.25) is 0 Å². The number of hydrogen-bond acceptors (Lipinski definition) is 4. The van der Waals surface area contributed by atoms with Crippen LogP contribution >= 0.6 is 0 Å². The maximum Gasteiger partial charge on any atom is 0.0921 e. The van der Waals surface area contributed by atoms with Crippen molar-refractivity contribution in [1.29, 1.82) is 0 Å². The van der Waals surface area contributed by atoms with Gasteiger partial charge in [0.25, 0.3) is 0 Å². The molecule has 5 heteroatoms. The minimum Gasteiger partial charge on any atom is -0.348 e. The van der Waals surface area contributed by atoms with Crippen LogP contribution in [-0.4, -0.2) is 31.9 Å². The highest BCUT2D eigenvalue weighted by molar-refractivity contribution is 5.24. The molecule has 0 unspecified atom stereocenters. The van der Waals surface area contributed by atoms with Crippen molar-refractivity contribution in [2.75, 3.05) is 7.05 Å². The van der Waals surface area contributed by atoms with E-state index in [9.17, 15) is 0 Å². The summed E-state index contributed by atoms with van der Waals surface area (Å²) in [6, 6.07) is 11.2. The Labute approximate surface area is 154 Å². The fourth-order valence-corrected chi connectivity index (χ4v) is 4.02. The summed E-state index contributed by atoms with van der Waals surface area (Å²) >= 11 is 0. The molecule has 1 aliphatic rings.